The molecule has 0 fully saturated rings. The number of nitrogens with zero attached hydrogens (tertiary/aromatic N) is 3. The van der Waals surface area contributed by atoms with Crippen LogP contribution in [0.4, 0.5) is 4.39 Å². The van der Waals surface area contributed by atoms with Crippen LogP contribution in [0, 0.1) is 5.82 Å². The van der Waals surface area contributed by atoms with Crippen LogP contribution in [-0.4, -0.2) is 22.4 Å². The predicted molar refractivity (Wildman–Crippen MR) is 102 cm³/mol. The van der Waals surface area contributed by atoms with Crippen LogP contribution in [0.3, 0.4) is 0 Å². The number of methoxy groups -OCH3 is 1. The third-order valence-electron chi connectivity index (χ3n) is 4.26. The van der Waals surface area contributed by atoms with Gasteiger partial charge < -0.3 is 9.30 Å². The first-order valence-corrected chi connectivity index (χ1v) is 8.71. The van der Waals surface area contributed by atoms with Crippen LogP contribution in [0.1, 0.15) is 17.0 Å². The second-order valence-corrected chi connectivity index (χ2v) is 6.60. The van der Waals surface area contributed by atoms with Gasteiger partial charge in [-0.05, 0) is 30.3 Å². The molecule has 0 unspecified atom stereocenters. The Morgan fingerprint density at radius 2 is 2.00 bits per heavy atom. The average molecular weight is 404 g/mol. The van der Waals surface area contributed by atoms with E-state index in [1.54, 1.807) is 29.0 Å². The highest BCUT2D eigenvalue weighted by Gasteiger charge is 2.25. The molecular weight excluding hydrogens is 392 g/mol. The largest absolute Gasteiger partial charge is 0.497 e. The zero-order valence-electron chi connectivity index (χ0n) is 14.0. The molecule has 1 aromatic heterocycles. The van der Waals surface area contributed by atoms with E-state index < -0.39 is 5.82 Å². The molecular formula is C19H12Cl2FN3O2. The van der Waals surface area contributed by atoms with Gasteiger partial charge in [0.15, 0.2) is 0 Å². The molecule has 1 aliphatic rings. The summed E-state index contributed by atoms with van der Waals surface area (Å²) in [4.78, 5) is 20.2. The molecule has 0 radical (unpaired) electrons. The lowest BCUT2D eigenvalue weighted by molar-refractivity contribution is 0.413. The molecule has 4 rings (SSSR count). The van der Waals surface area contributed by atoms with E-state index in [0.717, 1.165) is 0 Å². The standard InChI is InChI=1S/C19H12Cl2FN3O2/c1-27-10-2-4-13(22)11(8-10)19-17-14(5-3-12(20)18(17)21)25-7-6-16(26)24-15(25)9-23-19/h2-8H,9H2,1H3. The molecule has 0 saturated carbocycles. The van der Waals surface area contributed by atoms with Crippen molar-refractivity contribution >= 4 is 28.9 Å². The van der Waals surface area contributed by atoms with Crippen LogP contribution < -0.4 is 10.3 Å². The molecule has 27 heavy (non-hydrogen) atoms. The Morgan fingerprint density at radius 3 is 2.78 bits per heavy atom. The van der Waals surface area contributed by atoms with Gasteiger partial charge in [-0.1, -0.05) is 23.2 Å². The summed E-state index contributed by atoms with van der Waals surface area (Å²) in [5.74, 6) is 0.411. The molecule has 0 atom stereocenters. The molecule has 8 heteroatoms. The van der Waals surface area contributed by atoms with Gasteiger partial charge in [-0.2, -0.15) is 4.98 Å². The van der Waals surface area contributed by atoms with Gasteiger partial charge in [0.2, 0.25) is 0 Å². The fourth-order valence-electron chi connectivity index (χ4n) is 3.00. The molecule has 0 N–H and O–H groups in total. The van der Waals surface area contributed by atoms with Crippen molar-refractivity contribution in [3.05, 3.63) is 85.8 Å². The molecule has 2 aromatic carbocycles. The molecule has 5 nitrogen and oxygen atoms in total. The minimum Gasteiger partial charge on any atom is -0.497 e. The van der Waals surface area contributed by atoms with Crippen LogP contribution in [0.15, 0.2) is 52.4 Å². The van der Waals surface area contributed by atoms with Crippen molar-refractivity contribution in [1.82, 2.24) is 9.55 Å². The third-order valence-corrected chi connectivity index (χ3v) is 5.06. The van der Waals surface area contributed by atoms with Crippen LogP contribution in [0.5, 0.6) is 5.75 Å². The van der Waals surface area contributed by atoms with E-state index in [2.05, 4.69) is 9.98 Å². The van der Waals surface area contributed by atoms with Crippen LogP contribution >= 0.6 is 23.2 Å². The van der Waals surface area contributed by atoms with Crippen molar-refractivity contribution < 1.29 is 9.13 Å². The molecule has 0 amide bonds. The maximum absolute atomic E-state index is 14.7. The maximum Gasteiger partial charge on any atom is 0.272 e. The van der Waals surface area contributed by atoms with Crippen LogP contribution in [0.2, 0.25) is 10.0 Å². The number of rotatable bonds is 2. The van der Waals surface area contributed by atoms with E-state index >= 15 is 0 Å². The van der Waals surface area contributed by atoms with E-state index in [1.807, 2.05) is 0 Å². The summed E-state index contributed by atoms with van der Waals surface area (Å²) in [6.07, 6.45) is 1.59. The van der Waals surface area contributed by atoms with E-state index in [1.165, 1.54) is 25.3 Å². The van der Waals surface area contributed by atoms with Gasteiger partial charge in [0.25, 0.3) is 5.56 Å². The first-order valence-electron chi connectivity index (χ1n) is 7.95. The highest BCUT2D eigenvalue weighted by Crippen LogP contribution is 2.35. The van der Waals surface area contributed by atoms with Crippen molar-refractivity contribution in [3.63, 3.8) is 0 Å². The van der Waals surface area contributed by atoms with Gasteiger partial charge in [-0.25, -0.2) is 4.39 Å². The maximum atomic E-state index is 14.7. The summed E-state index contributed by atoms with van der Waals surface area (Å²) < 4.78 is 21.6. The Hall–Kier alpha value is -2.70. The highest BCUT2D eigenvalue weighted by molar-refractivity contribution is 6.45. The summed E-state index contributed by atoms with van der Waals surface area (Å²) in [6, 6.07) is 9.07. The fourth-order valence-corrected chi connectivity index (χ4v) is 3.41. The number of aromatic nitrogens is 2. The Balaban J connectivity index is 2.06. The fraction of sp³-hybridized carbons (Fsp3) is 0.105. The van der Waals surface area contributed by atoms with Crippen molar-refractivity contribution in [2.45, 2.75) is 6.54 Å². The van der Waals surface area contributed by atoms with Gasteiger partial charge >= 0.3 is 0 Å². The lowest BCUT2D eigenvalue weighted by Gasteiger charge is -2.16. The summed E-state index contributed by atoms with van der Waals surface area (Å²) >= 11 is 12.7. The molecule has 1 aliphatic heterocycles. The number of aliphatic imine (C=N–C) groups is 1. The summed E-state index contributed by atoms with van der Waals surface area (Å²) in [5, 5.41) is 0.547. The van der Waals surface area contributed by atoms with E-state index in [0.29, 0.717) is 33.6 Å². The third kappa shape index (κ3) is 3.01. The second-order valence-electron chi connectivity index (χ2n) is 5.82. The Bertz CT molecular complexity index is 1160. The highest BCUT2D eigenvalue weighted by atomic mass is 35.5. The van der Waals surface area contributed by atoms with E-state index in [9.17, 15) is 9.18 Å². The summed E-state index contributed by atoms with van der Waals surface area (Å²) in [5.41, 5.74) is 1.21. The zero-order chi connectivity index (χ0) is 19.1. The lowest BCUT2D eigenvalue weighted by Crippen LogP contribution is -2.15. The van der Waals surface area contributed by atoms with Crippen LogP contribution in [-0.2, 0) is 6.54 Å². The number of ether oxygens (including phenoxy) is 1. The lowest BCUT2D eigenvalue weighted by atomic mass is 9.99. The molecule has 0 aliphatic carbocycles. The monoisotopic (exact) mass is 403 g/mol. The first-order chi connectivity index (χ1) is 13.0. The second kappa shape index (κ2) is 6.79. The molecule has 0 bridgehead atoms. The van der Waals surface area contributed by atoms with Gasteiger partial charge in [0, 0.05) is 23.4 Å². The van der Waals surface area contributed by atoms with Gasteiger partial charge in [-0.15, -0.1) is 0 Å². The number of hydrogen-bond acceptors (Lipinski definition) is 4. The molecule has 0 saturated heterocycles. The SMILES string of the molecule is COc1ccc(F)c(C2=NCc3nc(=O)ccn3-c3ccc(Cl)c(Cl)c32)c1. The smallest absolute Gasteiger partial charge is 0.272 e. The summed E-state index contributed by atoms with van der Waals surface area (Å²) in [6.45, 7) is 0.0741. The molecule has 0 spiro atoms. The topological polar surface area (TPSA) is 56.5 Å². The van der Waals surface area contributed by atoms with E-state index in [-0.39, 0.29) is 22.7 Å². The number of benzene rings is 2. The van der Waals surface area contributed by atoms with Crippen molar-refractivity contribution in [2.75, 3.05) is 7.11 Å². The Kier molecular flexibility index (Phi) is 4.45. The van der Waals surface area contributed by atoms with Crippen molar-refractivity contribution in [2.24, 2.45) is 4.99 Å². The first kappa shape index (κ1) is 17.7. The molecule has 136 valence electrons. The van der Waals surface area contributed by atoms with Gasteiger partial charge in [-0.3, -0.25) is 9.79 Å². The Morgan fingerprint density at radius 1 is 1.19 bits per heavy atom. The quantitative estimate of drug-likeness (QED) is 0.648. The summed E-state index contributed by atoms with van der Waals surface area (Å²) in [7, 11) is 1.50. The molecule has 2 heterocycles. The number of halogens is 3. The van der Waals surface area contributed by atoms with E-state index in [4.69, 9.17) is 27.9 Å². The van der Waals surface area contributed by atoms with Crippen molar-refractivity contribution in [1.29, 1.82) is 0 Å². The average Bonchev–Trinajstić information content (AvgIpc) is 2.82. The van der Waals surface area contributed by atoms with Gasteiger partial charge in [0.1, 0.15) is 17.4 Å². The minimum atomic E-state index is -0.482. The van der Waals surface area contributed by atoms with Crippen LogP contribution in [0.25, 0.3) is 5.69 Å². The van der Waals surface area contributed by atoms with Gasteiger partial charge in [0.05, 0.1) is 35.1 Å². The Labute approximate surface area is 163 Å². The number of fused-ring (bicyclic) bond motifs is 3. The normalized spacial score (nSPS) is 12.7. The zero-order valence-corrected chi connectivity index (χ0v) is 15.6. The number of hydrogen-bond donors (Lipinski definition) is 0. The predicted octanol–water partition coefficient (Wildman–Crippen LogP) is 4.04. The minimum absolute atomic E-state index is 0.0741. The molecule has 3 aromatic rings. The van der Waals surface area contributed by atoms with Crippen molar-refractivity contribution in [3.8, 4) is 11.4 Å².